The molecule has 0 bridgehead atoms. The summed E-state index contributed by atoms with van der Waals surface area (Å²) in [7, 11) is 0. The van der Waals surface area contributed by atoms with Crippen LogP contribution in [0.2, 0.25) is 6.32 Å². The zero-order valence-corrected chi connectivity index (χ0v) is 16.7. The van der Waals surface area contributed by atoms with Crippen LogP contribution >= 0.6 is 11.6 Å². The zero-order valence-electron chi connectivity index (χ0n) is 16.0. The van der Waals surface area contributed by atoms with Crippen molar-refractivity contribution in [2.75, 3.05) is 0 Å². The largest absolute Gasteiger partial charge is 0.337 e. The Labute approximate surface area is 173 Å². The van der Waals surface area contributed by atoms with Gasteiger partial charge in [-0.25, -0.2) is 4.98 Å². The van der Waals surface area contributed by atoms with E-state index < -0.39 is 0 Å². The van der Waals surface area contributed by atoms with Crippen LogP contribution in [0.1, 0.15) is 19.3 Å². The second-order valence-electron chi connectivity index (χ2n) is 6.39. The number of aromatic nitrogens is 2. The highest BCUT2D eigenvalue weighted by molar-refractivity contribution is 6.85. The van der Waals surface area contributed by atoms with Gasteiger partial charge >= 0.3 is 0 Å². The molecule has 142 valence electrons. The van der Waals surface area contributed by atoms with E-state index in [2.05, 4.69) is 59.6 Å². The third kappa shape index (κ3) is 7.86. The molecular weight excluding hydrogens is 365 g/mol. The van der Waals surface area contributed by atoms with Crippen LogP contribution in [0.25, 0.3) is 0 Å². The summed E-state index contributed by atoms with van der Waals surface area (Å²) in [5, 5.41) is 8.25. The number of nitrogens with zero attached hydrogens (tertiary/aromatic N) is 3. The van der Waals surface area contributed by atoms with Crippen molar-refractivity contribution in [1.82, 2.24) is 9.55 Å². The minimum atomic E-state index is 0.382. The summed E-state index contributed by atoms with van der Waals surface area (Å²) in [6, 6.07) is 23.2. The predicted octanol–water partition coefficient (Wildman–Crippen LogP) is 4.63. The number of unbranched alkanes of at least 4 members (excludes halogenated alkanes) is 2. The summed E-state index contributed by atoms with van der Waals surface area (Å²) in [4.78, 5) is 3.92. The normalized spacial score (nSPS) is 10.1. The van der Waals surface area contributed by atoms with E-state index in [1.165, 1.54) is 10.9 Å². The second-order valence-corrected chi connectivity index (χ2v) is 6.64. The molecule has 1 heterocycles. The fourth-order valence-electron chi connectivity index (χ4n) is 2.94. The Kier molecular flexibility index (Phi) is 10.3. The van der Waals surface area contributed by atoms with Crippen molar-refractivity contribution in [3.8, 4) is 6.07 Å². The van der Waals surface area contributed by atoms with Gasteiger partial charge in [-0.05, 0) is 24.7 Å². The fourth-order valence-corrected chi connectivity index (χ4v) is 3.04. The molecule has 0 atom stereocenters. The lowest BCUT2D eigenvalue weighted by atomic mass is 9.39. The minimum Gasteiger partial charge on any atom is -0.337 e. The first-order valence-corrected chi connectivity index (χ1v) is 9.96. The van der Waals surface area contributed by atoms with Crippen LogP contribution in [0, 0.1) is 11.3 Å². The van der Waals surface area contributed by atoms with Gasteiger partial charge in [0.05, 0.1) is 12.4 Å². The molecule has 0 saturated heterocycles. The Morgan fingerprint density at radius 3 is 2.14 bits per heavy atom. The van der Waals surface area contributed by atoms with E-state index in [0.29, 0.717) is 13.1 Å². The summed E-state index contributed by atoms with van der Waals surface area (Å²) in [6.07, 6.45) is 11.1. The molecule has 0 spiro atoms. The lowest BCUT2D eigenvalue weighted by molar-refractivity contribution is 0.616. The van der Waals surface area contributed by atoms with E-state index in [1.807, 2.05) is 29.0 Å². The monoisotopic (exact) mass is 389 g/mol. The van der Waals surface area contributed by atoms with Crippen LogP contribution in [0.5, 0.6) is 0 Å². The highest BCUT2D eigenvalue weighted by Crippen LogP contribution is 2.00. The van der Waals surface area contributed by atoms with Crippen molar-refractivity contribution < 1.29 is 0 Å². The highest BCUT2D eigenvalue weighted by atomic mass is 35.5. The molecular formula is C23H25BClN3. The van der Waals surface area contributed by atoms with E-state index in [1.54, 1.807) is 18.1 Å². The van der Waals surface area contributed by atoms with Crippen molar-refractivity contribution in [3.05, 3.63) is 91.0 Å². The van der Waals surface area contributed by atoms with Crippen molar-refractivity contribution in [3.63, 3.8) is 0 Å². The first kappa shape index (κ1) is 21.5. The van der Waals surface area contributed by atoms with Gasteiger partial charge in [-0.2, -0.15) is 5.26 Å². The molecule has 0 radical (unpaired) electrons. The smallest absolute Gasteiger partial charge is 0.213 e. The van der Waals surface area contributed by atoms with E-state index >= 15 is 0 Å². The molecule has 5 heteroatoms. The first-order valence-electron chi connectivity index (χ1n) is 9.53. The Balaban J connectivity index is 0.000000221. The first-order chi connectivity index (χ1) is 13.8. The van der Waals surface area contributed by atoms with E-state index in [-0.39, 0.29) is 0 Å². The Hall–Kier alpha value is -2.77. The lowest BCUT2D eigenvalue weighted by Gasteiger charge is -2.12. The molecule has 0 aliphatic rings. The van der Waals surface area contributed by atoms with Crippen molar-refractivity contribution in [2.45, 2.75) is 32.1 Å². The summed E-state index contributed by atoms with van der Waals surface area (Å²) < 4.78 is 2.03. The number of rotatable bonds is 8. The highest BCUT2D eigenvalue weighted by Gasteiger charge is 2.16. The van der Waals surface area contributed by atoms with Gasteiger partial charge in [-0.1, -0.05) is 89.3 Å². The quantitative estimate of drug-likeness (QED) is 0.416. The number of hydrogen-bond donors (Lipinski definition) is 0. The predicted molar refractivity (Wildman–Crippen MR) is 119 cm³/mol. The molecule has 0 aliphatic carbocycles. The van der Waals surface area contributed by atoms with Gasteiger partial charge in [0.1, 0.15) is 0 Å². The number of allylic oxidation sites excluding steroid dienone is 1. The third-order valence-electron chi connectivity index (χ3n) is 4.38. The molecule has 0 N–H and O–H groups in total. The average molecular weight is 390 g/mol. The van der Waals surface area contributed by atoms with Gasteiger partial charge < -0.3 is 4.57 Å². The van der Waals surface area contributed by atoms with Crippen molar-refractivity contribution >= 4 is 29.2 Å². The molecule has 1 aromatic heterocycles. The van der Waals surface area contributed by atoms with Crippen LogP contribution in [0.3, 0.4) is 0 Å². The Morgan fingerprint density at radius 1 is 1.00 bits per heavy atom. The number of nitriles is 1. The summed E-state index contributed by atoms with van der Waals surface area (Å²) >= 11 is 5.64. The fraction of sp³-hybridized carbons (Fsp3) is 0.217. The molecule has 0 amide bonds. The molecule has 28 heavy (non-hydrogen) atoms. The van der Waals surface area contributed by atoms with Crippen molar-refractivity contribution in [2.24, 2.45) is 0 Å². The van der Waals surface area contributed by atoms with E-state index in [9.17, 15) is 0 Å². The van der Waals surface area contributed by atoms with Gasteiger partial charge in [0, 0.05) is 25.4 Å². The standard InChI is InChI=1S/C15H14BCl.C8H11N3/c17-13-7-12-16(14-8-3-1-4-9-14)15-10-5-2-6-11-15;9-4-2-1-3-6-11-7-5-10-8-11/h1-11,13H,12H2;5,7-8H,1-3,6H2. The maximum absolute atomic E-state index is 8.25. The molecule has 3 rings (SSSR count). The summed E-state index contributed by atoms with van der Waals surface area (Å²) in [6.45, 7) is 1.36. The van der Waals surface area contributed by atoms with Crippen LogP contribution < -0.4 is 10.9 Å². The summed E-state index contributed by atoms with van der Waals surface area (Å²) in [5.41, 5.74) is 4.25. The van der Waals surface area contributed by atoms with Crippen LogP contribution in [0.15, 0.2) is 91.0 Å². The zero-order chi connectivity index (χ0) is 19.9. The minimum absolute atomic E-state index is 0.382. The number of imidazole rings is 1. The number of benzene rings is 2. The van der Waals surface area contributed by atoms with Crippen LogP contribution in [-0.2, 0) is 6.54 Å². The second kappa shape index (κ2) is 13.4. The molecule has 0 fully saturated rings. The Bertz CT molecular complexity index is 788. The van der Waals surface area contributed by atoms with E-state index in [4.69, 9.17) is 16.9 Å². The number of hydrogen-bond acceptors (Lipinski definition) is 2. The van der Waals surface area contributed by atoms with Gasteiger partial charge in [-0.15, -0.1) is 0 Å². The van der Waals surface area contributed by atoms with Gasteiger partial charge in [0.25, 0.3) is 0 Å². The molecule has 3 aromatic rings. The molecule has 0 saturated carbocycles. The third-order valence-corrected chi connectivity index (χ3v) is 4.56. The number of halogens is 1. The molecule has 3 nitrogen and oxygen atoms in total. The van der Waals surface area contributed by atoms with Crippen LogP contribution in [0.4, 0.5) is 0 Å². The van der Waals surface area contributed by atoms with Gasteiger partial charge in [-0.3, -0.25) is 0 Å². The maximum Gasteiger partial charge on any atom is 0.213 e. The molecule has 2 aromatic carbocycles. The Morgan fingerprint density at radius 2 is 1.64 bits per heavy atom. The SMILES string of the molecule is ClC=CCB(c1ccccc1)c1ccccc1.N#CCCCCn1ccnc1. The van der Waals surface area contributed by atoms with E-state index in [0.717, 1.165) is 25.7 Å². The maximum atomic E-state index is 8.25. The van der Waals surface area contributed by atoms with Crippen LogP contribution in [-0.4, -0.2) is 16.3 Å². The van der Waals surface area contributed by atoms with Crippen molar-refractivity contribution in [1.29, 1.82) is 5.26 Å². The summed E-state index contributed by atoms with van der Waals surface area (Å²) in [5.74, 6) is 0. The van der Waals surface area contributed by atoms with Gasteiger partial charge in [0.2, 0.25) is 6.71 Å². The topological polar surface area (TPSA) is 41.6 Å². The number of aryl methyl sites for hydroxylation is 1. The lowest BCUT2D eigenvalue weighted by Crippen LogP contribution is -2.41. The average Bonchev–Trinajstić information content (AvgIpc) is 3.27. The van der Waals surface area contributed by atoms with Gasteiger partial charge in [0.15, 0.2) is 0 Å². The molecule has 0 aliphatic heterocycles. The molecule has 0 unspecified atom stereocenters.